The first-order valence-corrected chi connectivity index (χ1v) is 10.6. The number of likely N-dealkylation sites (tertiary alicyclic amines) is 1. The Labute approximate surface area is 190 Å². The minimum Gasteiger partial charge on any atom is -0.491 e. The molecular weight excluding hydrogens is 426 g/mol. The fourth-order valence-corrected chi connectivity index (χ4v) is 3.91. The first kappa shape index (κ1) is 22.4. The molecule has 3 heterocycles. The Morgan fingerprint density at radius 1 is 1.33 bits per heavy atom. The summed E-state index contributed by atoms with van der Waals surface area (Å²) >= 11 is 0. The number of amides is 3. The zero-order chi connectivity index (χ0) is 23.9. The van der Waals surface area contributed by atoms with Crippen LogP contribution in [-0.2, 0) is 11.3 Å². The van der Waals surface area contributed by atoms with E-state index in [1.54, 1.807) is 29.8 Å². The minimum atomic E-state index is -1.72. The normalized spacial score (nSPS) is 19.2. The van der Waals surface area contributed by atoms with Crippen molar-refractivity contribution in [2.75, 3.05) is 20.2 Å². The van der Waals surface area contributed by atoms with Crippen LogP contribution >= 0.6 is 0 Å². The zero-order valence-corrected chi connectivity index (χ0v) is 18.6. The second-order valence-corrected chi connectivity index (χ2v) is 8.42. The lowest BCUT2D eigenvalue weighted by Gasteiger charge is -2.13. The molecule has 10 nitrogen and oxygen atoms in total. The number of carbonyl (C=O) groups is 3. The maximum absolute atomic E-state index is 12.8. The summed E-state index contributed by atoms with van der Waals surface area (Å²) < 4.78 is 7.44. The third-order valence-corrected chi connectivity index (χ3v) is 5.55. The molecule has 0 saturated carbocycles. The Balaban J connectivity index is 1.80. The number of carbonyl (C=O) groups excluding carboxylic acids is 3. The topological polar surface area (TPSA) is 140 Å². The Morgan fingerprint density at radius 2 is 2.09 bits per heavy atom. The van der Waals surface area contributed by atoms with Crippen LogP contribution in [0.2, 0.25) is 0 Å². The van der Waals surface area contributed by atoms with Gasteiger partial charge in [0.1, 0.15) is 23.9 Å². The molecule has 4 N–H and O–H groups in total. The maximum Gasteiger partial charge on any atom is 0.270 e. The molecule has 0 unspecified atom stereocenters. The van der Waals surface area contributed by atoms with E-state index in [-0.39, 0.29) is 37.0 Å². The van der Waals surface area contributed by atoms with Gasteiger partial charge in [-0.05, 0) is 32.0 Å². The van der Waals surface area contributed by atoms with Crippen LogP contribution in [0.25, 0.3) is 11.4 Å². The smallest absolute Gasteiger partial charge is 0.270 e. The predicted octanol–water partition coefficient (Wildman–Crippen LogP) is 0.124. The number of ether oxygens (including phenoxy) is 1. The molecule has 2 aliphatic rings. The minimum absolute atomic E-state index is 0.0769. The van der Waals surface area contributed by atoms with Crippen molar-refractivity contribution >= 4 is 17.7 Å². The molecule has 0 bridgehead atoms. The molecule has 1 aromatic carbocycles. The molecule has 1 fully saturated rings. The van der Waals surface area contributed by atoms with Crippen LogP contribution in [0.15, 0.2) is 18.2 Å². The summed E-state index contributed by atoms with van der Waals surface area (Å²) in [6.07, 6.45) is 0.226. The molecule has 0 radical (unpaired) electrons. The third kappa shape index (κ3) is 4.03. The quantitative estimate of drug-likeness (QED) is 0.567. The van der Waals surface area contributed by atoms with Crippen molar-refractivity contribution in [1.82, 2.24) is 19.8 Å². The molecular formula is C23H25N5O5. The number of likely N-dealkylation sites (N-methyl/N-ethyl adjacent to an activating group) is 1. The number of rotatable bonds is 3. The second kappa shape index (κ2) is 8.26. The summed E-state index contributed by atoms with van der Waals surface area (Å²) in [5.74, 6) is 4.70. The maximum atomic E-state index is 12.8. The lowest BCUT2D eigenvalue weighted by molar-refractivity contribution is -0.137. The van der Waals surface area contributed by atoms with Crippen LogP contribution < -0.4 is 15.8 Å². The van der Waals surface area contributed by atoms with Crippen LogP contribution in [-0.4, -0.2) is 69.1 Å². The van der Waals surface area contributed by atoms with E-state index >= 15 is 0 Å². The van der Waals surface area contributed by atoms with E-state index in [1.165, 1.54) is 4.90 Å². The van der Waals surface area contributed by atoms with E-state index in [2.05, 4.69) is 22.1 Å². The average molecular weight is 451 g/mol. The summed E-state index contributed by atoms with van der Waals surface area (Å²) in [7, 11) is 1.62. The van der Waals surface area contributed by atoms with Gasteiger partial charge in [0.25, 0.3) is 17.7 Å². The van der Waals surface area contributed by atoms with E-state index in [0.717, 1.165) is 0 Å². The lowest BCUT2D eigenvalue weighted by Crippen LogP contribution is -2.37. The molecule has 2 aromatic rings. The van der Waals surface area contributed by atoms with Gasteiger partial charge < -0.3 is 30.4 Å². The van der Waals surface area contributed by atoms with Crippen LogP contribution in [0.1, 0.15) is 46.8 Å². The largest absolute Gasteiger partial charge is 0.491 e. The highest BCUT2D eigenvalue weighted by molar-refractivity contribution is 6.05. The van der Waals surface area contributed by atoms with E-state index in [4.69, 9.17) is 10.5 Å². The van der Waals surface area contributed by atoms with Gasteiger partial charge in [-0.15, -0.1) is 0 Å². The van der Waals surface area contributed by atoms with Crippen molar-refractivity contribution < 1.29 is 24.2 Å². The molecule has 172 valence electrons. The number of nitrogens with one attached hydrogen (secondary N) is 1. The van der Waals surface area contributed by atoms with Gasteiger partial charge >= 0.3 is 0 Å². The highest BCUT2D eigenvalue weighted by Gasteiger charge is 2.42. The molecule has 0 aliphatic carbocycles. The van der Waals surface area contributed by atoms with Crippen LogP contribution in [0.4, 0.5) is 0 Å². The number of aliphatic hydroxyl groups is 1. The Bertz CT molecular complexity index is 1220. The van der Waals surface area contributed by atoms with Gasteiger partial charge in [-0.3, -0.25) is 14.4 Å². The first-order chi connectivity index (χ1) is 15.6. The van der Waals surface area contributed by atoms with E-state index < -0.39 is 23.3 Å². The number of nitrogens with zero attached hydrogens (tertiary/aromatic N) is 3. The molecule has 3 amide bonds. The number of imidazole rings is 1. The summed E-state index contributed by atoms with van der Waals surface area (Å²) in [4.78, 5) is 42.9. The molecule has 1 aromatic heterocycles. The van der Waals surface area contributed by atoms with Gasteiger partial charge in [-0.2, -0.15) is 0 Å². The molecule has 2 aliphatic heterocycles. The van der Waals surface area contributed by atoms with Crippen molar-refractivity contribution in [1.29, 1.82) is 0 Å². The summed E-state index contributed by atoms with van der Waals surface area (Å²) in [6.45, 7) is 4.59. The van der Waals surface area contributed by atoms with Crippen LogP contribution in [0, 0.1) is 11.8 Å². The molecule has 4 rings (SSSR count). The highest BCUT2D eigenvalue weighted by atomic mass is 16.5. The lowest BCUT2D eigenvalue weighted by atomic mass is 10.0. The van der Waals surface area contributed by atoms with Gasteiger partial charge in [-0.25, -0.2) is 4.98 Å². The van der Waals surface area contributed by atoms with Crippen molar-refractivity contribution in [3.8, 4) is 29.0 Å². The van der Waals surface area contributed by atoms with Gasteiger partial charge in [0.15, 0.2) is 5.69 Å². The van der Waals surface area contributed by atoms with Gasteiger partial charge in [-0.1, -0.05) is 11.8 Å². The fourth-order valence-electron chi connectivity index (χ4n) is 3.91. The number of hydrogen-bond donors (Lipinski definition) is 3. The van der Waals surface area contributed by atoms with Gasteiger partial charge in [0.2, 0.25) is 5.60 Å². The number of benzene rings is 1. The van der Waals surface area contributed by atoms with E-state index in [9.17, 15) is 19.5 Å². The van der Waals surface area contributed by atoms with Crippen molar-refractivity contribution in [2.24, 2.45) is 5.73 Å². The SMILES string of the molecule is CC(C)NC(=O)c1c(C(N)=O)nc2n1CCOc1ccc(C#C[C@]3(O)CCN(C)C3=O)cc1-2. The number of fused-ring (bicyclic) bond motifs is 3. The number of primary amides is 1. The Morgan fingerprint density at radius 3 is 2.73 bits per heavy atom. The molecule has 33 heavy (non-hydrogen) atoms. The van der Waals surface area contributed by atoms with Gasteiger partial charge in [0, 0.05) is 31.6 Å². The summed E-state index contributed by atoms with van der Waals surface area (Å²) in [5.41, 5.74) is 4.79. The molecule has 0 spiro atoms. The number of aromatic nitrogens is 2. The second-order valence-electron chi connectivity index (χ2n) is 8.42. The van der Waals surface area contributed by atoms with Gasteiger partial charge in [0.05, 0.1) is 12.1 Å². The van der Waals surface area contributed by atoms with Crippen LogP contribution in [0.5, 0.6) is 5.75 Å². The van der Waals surface area contributed by atoms with Crippen molar-refractivity contribution in [3.63, 3.8) is 0 Å². The Hall–Kier alpha value is -3.84. The summed E-state index contributed by atoms with van der Waals surface area (Å²) in [5, 5.41) is 13.3. The van der Waals surface area contributed by atoms with Crippen LogP contribution in [0.3, 0.4) is 0 Å². The Kier molecular flexibility index (Phi) is 5.59. The first-order valence-electron chi connectivity index (χ1n) is 10.6. The summed E-state index contributed by atoms with van der Waals surface area (Å²) in [6, 6.07) is 4.95. The highest BCUT2D eigenvalue weighted by Crippen LogP contribution is 2.34. The zero-order valence-electron chi connectivity index (χ0n) is 18.6. The average Bonchev–Trinajstić information content (AvgIpc) is 3.20. The van der Waals surface area contributed by atoms with E-state index in [1.807, 2.05) is 13.8 Å². The van der Waals surface area contributed by atoms with E-state index in [0.29, 0.717) is 29.2 Å². The molecule has 1 saturated heterocycles. The molecule has 10 heteroatoms. The number of nitrogens with two attached hydrogens (primary N) is 1. The van der Waals surface area contributed by atoms with Crippen molar-refractivity contribution in [3.05, 3.63) is 35.2 Å². The standard InChI is InChI=1S/C23H25N5O5/c1-13(2)25-21(30)18-17(19(24)29)26-20-15-12-14(4-5-16(15)33-11-10-28(18)20)6-7-23(32)8-9-27(3)22(23)31/h4-5,12-13,32H,8-11H2,1-3H3,(H2,24,29)(H,25,30)/t23-/m0/s1. The molecule has 1 atom stereocenters. The number of hydrogen-bond acceptors (Lipinski definition) is 6. The monoisotopic (exact) mass is 451 g/mol. The predicted molar refractivity (Wildman–Crippen MR) is 118 cm³/mol. The third-order valence-electron chi connectivity index (χ3n) is 5.55. The fraction of sp³-hybridized carbons (Fsp3) is 0.391. The van der Waals surface area contributed by atoms with Crippen molar-refractivity contribution in [2.45, 2.75) is 38.5 Å².